The molecule has 0 aliphatic carbocycles. The second kappa shape index (κ2) is 7.10. The van der Waals surface area contributed by atoms with Gasteiger partial charge in [0.1, 0.15) is 12.4 Å². The molecule has 3 nitrogen and oxygen atoms in total. The van der Waals surface area contributed by atoms with Crippen molar-refractivity contribution >= 4 is 10.9 Å². The third-order valence-corrected chi connectivity index (χ3v) is 4.70. The lowest BCUT2D eigenvalue weighted by Crippen LogP contribution is -2.20. The lowest BCUT2D eigenvalue weighted by atomic mass is 10.0. The van der Waals surface area contributed by atoms with Crippen LogP contribution in [0.3, 0.4) is 0 Å². The van der Waals surface area contributed by atoms with Crippen LogP contribution in [0.25, 0.3) is 10.9 Å². The molecule has 0 atom stereocenters. The first kappa shape index (κ1) is 15.3. The van der Waals surface area contributed by atoms with Crippen molar-refractivity contribution in [3.05, 3.63) is 66.4 Å². The Hall–Kier alpha value is -2.26. The molecule has 1 saturated heterocycles. The Morgan fingerprint density at radius 1 is 1.08 bits per heavy atom. The molecule has 1 radical (unpaired) electrons. The number of ether oxygens (including phenoxy) is 2. The summed E-state index contributed by atoms with van der Waals surface area (Å²) >= 11 is 0. The van der Waals surface area contributed by atoms with Gasteiger partial charge in [-0.15, -0.1) is 0 Å². The maximum Gasteiger partial charge on any atom is 0.121 e. The van der Waals surface area contributed by atoms with Crippen LogP contribution in [0.4, 0.5) is 0 Å². The predicted molar refractivity (Wildman–Crippen MR) is 95.1 cm³/mol. The zero-order valence-corrected chi connectivity index (χ0v) is 13.8. The van der Waals surface area contributed by atoms with Crippen LogP contribution in [0.15, 0.2) is 54.7 Å². The lowest BCUT2D eigenvalue weighted by molar-refractivity contribution is 0.0616. The van der Waals surface area contributed by atoms with E-state index in [2.05, 4.69) is 41.1 Å². The van der Waals surface area contributed by atoms with Gasteiger partial charge in [-0.05, 0) is 36.5 Å². The minimum absolute atomic E-state index is 0.594. The van der Waals surface area contributed by atoms with Gasteiger partial charge in [0.05, 0.1) is 5.52 Å². The second-order valence-corrected chi connectivity index (χ2v) is 6.43. The Balaban J connectivity index is 1.50. The maximum absolute atomic E-state index is 5.97. The Kier molecular flexibility index (Phi) is 4.52. The number of aromatic nitrogens is 1. The summed E-state index contributed by atoms with van der Waals surface area (Å²) in [6.45, 7) is 3.40. The van der Waals surface area contributed by atoms with Gasteiger partial charge in [0.25, 0.3) is 0 Å². The van der Waals surface area contributed by atoms with Gasteiger partial charge in [-0.2, -0.15) is 0 Å². The molecule has 3 heteroatoms. The Morgan fingerprint density at radius 2 is 1.92 bits per heavy atom. The normalized spacial score (nSPS) is 15.7. The van der Waals surface area contributed by atoms with E-state index in [1.807, 2.05) is 24.3 Å². The van der Waals surface area contributed by atoms with Crippen molar-refractivity contribution in [1.29, 1.82) is 0 Å². The van der Waals surface area contributed by atoms with E-state index >= 15 is 0 Å². The van der Waals surface area contributed by atoms with Gasteiger partial charge in [-0.25, -0.2) is 0 Å². The number of benzene rings is 2. The Morgan fingerprint density at radius 3 is 2.75 bits per heavy atom. The van der Waals surface area contributed by atoms with E-state index in [4.69, 9.17) is 9.47 Å². The molecule has 0 bridgehead atoms. The van der Waals surface area contributed by atoms with Crippen molar-refractivity contribution in [2.45, 2.75) is 26.0 Å². The summed E-state index contributed by atoms with van der Waals surface area (Å²) < 4.78 is 13.7. The molecule has 4 rings (SSSR count). The molecule has 0 spiro atoms. The van der Waals surface area contributed by atoms with E-state index in [1.165, 1.54) is 11.1 Å². The van der Waals surface area contributed by atoms with E-state index in [9.17, 15) is 0 Å². The smallest absolute Gasteiger partial charge is 0.121 e. The first-order valence-corrected chi connectivity index (χ1v) is 8.63. The highest BCUT2D eigenvalue weighted by molar-refractivity contribution is 5.81. The first-order valence-electron chi connectivity index (χ1n) is 8.63. The summed E-state index contributed by atoms with van der Waals surface area (Å²) in [6.07, 6.45) is 4.36. The minimum atomic E-state index is 0.594. The molecule has 1 fully saturated rings. The summed E-state index contributed by atoms with van der Waals surface area (Å²) in [6, 6.07) is 19.9. The average molecular weight is 320 g/mol. The van der Waals surface area contributed by atoms with Gasteiger partial charge in [0.2, 0.25) is 0 Å². The minimum Gasteiger partial charge on any atom is -0.489 e. The number of fused-ring (bicyclic) bond motifs is 1. The zero-order valence-electron chi connectivity index (χ0n) is 13.8. The van der Waals surface area contributed by atoms with Crippen LogP contribution < -0.4 is 4.74 Å². The van der Waals surface area contributed by atoms with Crippen LogP contribution in [0.1, 0.15) is 18.4 Å². The van der Waals surface area contributed by atoms with Gasteiger partial charge >= 0.3 is 0 Å². The van der Waals surface area contributed by atoms with Crippen molar-refractivity contribution in [3.63, 3.8) is 0 Å². The second-order valence-electron chi connectivity index (χ2n) is 6.43. The quantitative estimate of drug-likeness (QED) is 0.693. The molecular weight excluding hydrogens is 298 g/mol. The molecule has 1 aliphatic heterocycles. The molecule has 24 heavy (non-hydrogen) atoms. The van der Waals surface area contributed by atoms with Gasteiger partial charge in [-0.1, -0.05) is 30.3 Å². The summed E-state index contributed by atoms with van der Waals surface area (Å²) in [5, 5.41) is 1.15. The monoisotopic (exact) mass is 320 g/mol. The van der Waals surface area contributed by atoms with E-state index in [-0.39, 0.29) is 0 Å². The average Bonchev–Trinajstić information content (AvgIpc) is 3.04. The molecule has 2 heterocycles. The molecule has 123 valence electrons. The van der Waals surface area contributed by atoms with Gasteiger partial charge < -0.3 is 14.0 Å². The first-order chi connectivity index (χ1) is 11.9. The van der Waals surface area contributed by atoms with E-state index in [1.54, 1.807) is 0 Å². The maximum atomic E-state index is 5.97. The van der Waals surface area contributed by atoms with E-state index in [0.29, 0.717) is 12.5 Å². The molecule has 1 aliphatic rings. The van der Waals surface area contributed by atoms with Crippen molar-refractivity contribution < 1.29 is 9.47 Å². The van der Waals surface area contributed by atoms with Crippen LogP contribution in [-0.2, 0) is 17.9 Å². The molecule has 0 N–H and O–H groups in total. The van der Waals surface area contributed by atoms with Crippen molar-refractivity contribution in [2.24, 2.45) is 5.92 Å². The third-order valence-electron chi connectivity index (χ3n) is 4.70. The number of nitrogens with zero attached hydrogens (tertiary/aromatic N) is 1. The van der Waals surface area contributed by atoms with Gasteiger partial charge in [0.15, 0.2) is 0 Å². The molecule has 2 aromatic carbocycles. The van der Waals surface area contributed by atoms with Gasteiger partial charge in [-0.3, -0.25) is 0 Å². The fourth-order valence-corrected chi connectivity index (χ4v) is 3.28. The highest BCUT2D eigenvalue weighted by Crippen LogP contribution is 2.25. The van der Waals surface area contributed by atoms with E-state index < -0.39 is 0 Å². The highest BCUT2D eigenvalue weighted by atomic mass is 16.5. The summed E-state index contributed by atoms with van der Waals surface area (Å²) in [5.41, 5.74) is 2.38. The molecule has 0 saturated carbocycles. The molecule has 0 amide bonds. The van der Waals surface area contributed by atoms with Crippen LogP contribution in [0.5, 0.6) is 5.75 Å². The summed E-state index contributed by atoms with van der Waals surface area (Å²) in [7, 11) is 0. The van der Waals surface area contributed by atoms with Crippen LogP contribution in [0, 0.1) is 12.0 Å². The SMILES string of the molecule is [c]1cn(CC2CCOCC2)c2cc(OCc3ccccc3)ccc12. The van der Waals surface area contributed by atoms with Crippen LogP contribution in [-0.4, -0.2) is 17.8 Å². The lowest BCUT2D eigenvalue weighted by Gasteiger charge is -2.22. The zero-order chi connectivity index (χ0) is 16.2. The number of hydrogen-bond donors (Lipinski definition) is 0. The Labute approximate surface area is 142 Å². The van der Waals surface area contributed by atoms with Gasteiger partial charge in [0, 0.05) is 43.5 Å². The fourth-order valence-electron chi connectivity index (χ4n) is 3.28. The summed E-state index contributed by atoms with van der Waals surface area (Å²) in [4.78, 5) is 0. The molecule has 3 aromatic rings. The van der Waals surface area contributed by atoms with Crippen molar-refractivity contribution in [3.8, 4) is 5.75 Å². The molecular formula is C21H22NO2. The summed E-state index contributed by atoms with van der Waals surface area (Å²) in [5.74, 6) is 1.60. The molecule has 0 unspecified atom stereocenters. The Bertz CT molecular complexity index is 788. The van der Waals surface area contributed by atoms with Crippen LogP contribution >= 0.6 is 0 Å². The van der Waals surface area contributed by atoms with E-state index in [0.717, 1.165) is 43.7 Å². The van der Waals surface area contributed by atoms with Crippen molar-refractivity contribution in [2.75, 3.05) is 13.2 Å². The van der Waals surface area contributed by atoms with Crippen molar-refractivity contribution in [1.82, 2.24) is 4.57 Å². The third kappa shape index (κ3) is 3.46. The largest absolute Gasteiger partial charge is 0.489 e. The highest BCUT2D eigenvalue weighted by Gasteiger charge is 2.15. The number of rotatable bonds is 5. The fraction of sp³-hybridized carbons (Fsp3) is 0.333. The predicted octanol–water partition coefficient (Wildman–Crippen LogP) is 4.45. The standard InChI is InChI=1S/C21H22NO2/c1-2-4-18(5-3-1)16-24-20-7-6-19-8-11-22(21(19)14-20)15-17-9-12-23-13-10-17/h1-7,11,14,17H,9-10,12-13,15-16H2. The van der Waals surface area contributed by atoms with Crippen LogP contribution in [0.2, 0.25) is 0 Å². The molecule has 1 aromatic heterocycles. The number of hydrogen-bond acceptors (Lipinski definition) is 2. The topological polar surface area (TPSA) is 23.4 Å².